The van der Waals surface area contributed by atoms with E-state index in [9.17, 15) is 4.39 Å². The minimum Gasteiger partial charge on any atom is -0.312 e. The Kier molecular flexibility index (Phi) is 5.30. The summed E-state index contributed by atoms with van der Waals surface area (Å²) >= 11 is 7.50. The van der Waals surface area contributed by atoms with Gasteiger partial charge in [-0.3, -0.25) is 0 Å². The summed E-state index contributed by atoms with van der Waals surface area (Å²) in [5, 5.41) is 3.66. The molecule has 0 fully saturated rings. The van der Waals surface area contributed by atoms with Crippen molar-refractivity contribution in [3.63, 3.8) is 0 Å². The molecular weight excluding hydrogens is 221 g/mol. The smallest absolute Gasteiger partial charge is 0.125 e. The summed E-state index contributed by atoms with van der Waals surface area (Å²) in [6, 6.07) is 4.58. The predicted molar refractivity (Wildman–Crippen MR) is 61.5 cm³/mol. The molecule has 0 aliphatic heterocycles. The molecule has 1 nitrogen and oxygen atoms in total. The zero-order chi connectivity index (χ0) is 10.4. The average molecular weight is 234 g/mol. The van der Waals surface area contributed by atoms with Crippen molar-refractivity contribution in [1.82, 2.24) is 5.32 Å². The molecule has 0 unspecified atom stereocenters. The Balaban J connectivity index is 2.42. The van der Waals surface area contributed by atoms with E-state index in [4.69, 9.17) is 11.6 Å². The molecule has 4 heteroatoms. The molecule has 1 aromatic carbocycles. The molecule has 0 aromatic heterocycles. The van der Waals surface area contributed by atoms with Gasteiger partial charge in [0.05, 0.1) is 0 Å². The van der Waals surface area contributed by atoms with E-state index < -0.39 is 0 Å². The number of nitrogens with one attached hydrogen (secondary N) is 1. The highest BCUT2D eigenvalue weighted by atomic mass is 35.5. The van der Waals surface area contributed by atoms with Gasteiger partial charge in [0.25, 0.3) is 0 Å². The van der Waals surface area contributed by atoms with Crippen LogP contribution >= 0.6 is 23.4 Å². The molecule has 0 amide bonds. The van der Waals surface area contributed by atoms with Crippen LogP contribution < -0.4 is 5.32 Å². The van der Waals surface area contributed by atoms with E-state index in [-0.39, 0.29) is 5.82 Å². The van der Waals surface area contributed by atoms with Crippen LogP contribution in [-0.2, 0) is 6.54 Å². The number of rotatable bonds is 5. The Hall–Kier alpha value is -0.250. The van der Waals surface area contributed by atoms with Crippen molar-refractivity contribution in [2.24, 2.45) is 0 Å². The van der Waals surface area contributed by atoms with E-state index in [1.165, 1.54) is 12.1 Å². The molecule has 0 spiro atoms. The molecule has 0 heterocycles. The standard InChI is InChI=1S/C10H13ClFNS/c1-14-3-2-13-7-8-4-9(11)6-10(12)5-8/h4-6,13H,2-3,7H2,1H3. The van der Waals surface area contributed by atoms with E-state index >= 15 is 0 Å². The maximum Gasteiger partial charge on any atom is 0.125 e. The lowest BCUT2D eigenvalue weighted by Crippen LogP contribution is -2.16. The van der Waals surface area contributed by atoms with Crippen LogP contribution in [0.15, 0.2) is 18.2 Å². The van der Waals surface area contributed by atoms with Crippen LogP contribution in [0, 0.1) is 5.82 Å². The number of halogens is 2. The maximum absolute atomic E-state index is 12.9. The minimum absolute atomic E-state index is 0.279. The number of hydrogen-bond acceptors (Lipinski definition) is 2. The molecule has 1 rings (SSSR count). The largest absolute Gasteiger partial charge is 0.312 e. The molecule has 0 saturated heterocycles. The van der Waals surface area contributed by atoms with Gasteiger partial charge in [0.15, 0.2) is 0 Å². The van der Waals surface area contributed by atoms with Gasteiger partial charge >= 0.3 is 0 Å². The summed E-state index contributed by atoms with van der Waals surface area (Å²) in [6.45, 7) is 1.59. The average Bonchev–Trinajstić information content (AvgIpc) is 2.11. The highest BCUT2D eigenvalue weighted by Gasteiger charge is 1.98. The Labute approximate surface area is 93.0 Å². The van der Waals surface area contributed by atoms with Crippen molar-refractivity contribution >= 4 is 23.4 Å². The lowest BCUT2D eigenvalue weighted by molar-refractivity contribution is 0.622. The highest BCUT2D eigenvalue weighted by Crippen LogP contribution is 2.13. The number of hydrogen-bond donors (Lipinski definition) is 1. The summed E-state index contributed by atoms with van der Waals surface area (Å²) in [4.78, 5) is 0. The van der Waals surface area contributed by atoms with Crippen LogP contribution in [0.1, 0.15) is 5.56 Å². The van der Waals surface area contributed by atoms with Gasteiger partial charge < -0.3 is 5.32 Å². The first-order chi connectivity index (χ1) is 6.72. The van der Waals surface area contributed by atoms with Gasteiger partial charge in [0, 0.05) is 23.9 Å². The van der Waals surface area contributed by atoms with Crippen molar-refractivity contribution in [1.29, 1.82) is 0 Å². The summed E-state index contributed by atoms with van der Waals surface area (Å²) in [5.41, 5.74) is 0.885. The Morgan fingerprint density at radius 3 is 2.86 bits per heavy atom. The van der Waals surface area contributed by atoms with Crippen molar-refractivity contribution in [2.75, 3.05) is 18.6 Å². The second-order valence-electron chi connectivity index (χ2n) is 2.95. The molecular formula is C10H13ClFNS. The summed E-state index contributed by atoms with van der Waals surface area (Å²) < 4.78 is 12.9. The van der Waals surface area contributed by atoms with E-state index in [2.05, 4.69) is 11.6 Å². The van der Waals surface area contributed by atoms with Crippen LogP contribution in [0.3, 0.4) is 0 Å². The van der Waals surface area contributed by atoms with Gasteiger partial charge in [-0.05, 0) is 30.0 Å². The van der Waals surface area contributed by atoms with Gasteiger partial charge in [-0.25, -0.2) is 4.39 Å². The topological polar surface area (TPSA) is 12.0 Å². The second kappa shape index (κ2) is 6.27. The number of benzene rings is 1. The first-order valence-corrected chi connectivity index (χ1v) is 6.14. The third-order valence-corrected chi connectivity index (χ3v) is 2.57. The third kappa shape index (κ3) is 4.31. The van der Waals surface area contributed by atoms with E-state index in [1.54, 1.807) is 17.8 Å². The van der Waals surface area contributed by atoms with Crippen LogP contribution in [0.25, 0.3) is 0 Å². The van der Waals surface area contributed by atoms with Crippen LogP contribution in [-0.4, -0.2) is 18.6 Å². The molecule has 0 aliphatic rings. The van der Waals surface area contributed by atoms with Crippen LogP contribution in [0.2, 0.25) is 5.02 Å². The third-order valence-electron chi connectivity index (χ3n) is 1.73. The predicted octanol–water partition coefficient (Wildman–Crippen LogP) is 2.93. The Morgan fingerprint density at radius 1 is 1.43 bits per heavy atom. The van der Waals surface area contributed by atoms with Gasteiger partial charge in [0.1, 0.15) is 5.82 Å². The maximum atomic E-state index is 12.9. The molecule has 0 saturated carbocycles. The molecule has 1 N–H and O–H groups in total. The van der Waals surface area contributed by atoms with E-state index in [1.807, 2.05) is 0 Å². The van der Waals surface area contributed by atoms with Gasteiger partial charge in [0.2, 0.25) is 0 Å². The molecule has 78 valence electrons. The Bertz CT molecular complexity index is 273. The SMILES string of the molecule is CSCCNCc1cc(F)cc(Cl)c1. The summed E-state index contributed by atoms with van der Waals surface area (Å²) in [7, 11) is 0. The molecule has 0 radical (unpaired) electrons. The van der Waals surface area contributed by atoms with Crippen LogP contribution in [0.5, 0.6) is 0 Å². The summed E-state index contributed by atoms with van der Waals surface area (Å²) in [5.74, 6) is 0.780. The minimum atomic E-state index is -0.279. The Morgan fingerprint density at radius 2 is 2.21 bits per heavy atom. The second-order valence-corrected chi connectivity index (χ2v) is 4.37. The first-order valence-electron chi connectivity index (χ1n) is 4.37. The molecule has 1 aromatic rings. The molecule has 0 bridgehead atoms. The van der Waals surface area contributed by atoms with E-state index in [0.29, 0.717) is 11.6 Å². The van der Waals surface area contributed by atoms with Crippen molar-refractivity contribution in [3.05, 3.63) is 34.6 Å². The van der Waals surface area contributed by atoms with Gasteiger partial charge in [-0.15, -0.1) is 0 Å². The van der Waals surface area contributed by atoms with E-state index in [0.717, 1.165) is 17.9 Å². The lowest BCUT2D eigenvalue weighted by atomic mass is 10.2. The zero-order valence-electron chi connectivity index (χ0n) is 8.02. The quantitative estimate of drug-likeness (QED) is 0.785. The van der Waals surface area contributed by atoms with Crippen molar-refractivity contribution in [3.8, 4) is 0 Å². The van der Waals surface area contributed by atoms with Crippen molar-refractivity contribution < 1.29 is 4.39 Å². The highest BCUT2D eigenvalue weighted by molar-refractivity contribution is 7.98. The fraction of sp³-hybridized carbons (Fsp3) is 0.400. The fourth-order valence-corrected chi connectivity index (χ4v) is 1.71. The summed E-state index contributed by atoms with van der Waals surface area (Å²) in [6.07, 6.45) is 2.06. The molecule has 0 aliphatic carbocycles. The number of thioether (sulfide) groups is 1. The van der Waals surface area contributed by atoms with Crippen LogP contribution in [0.4, 0.5) is 4.39 Å². The monoisotopic (exact) mass is 233 g/mol. The fourth-order valence-electron chi connectivity index (χ4n) is 1.12. The van der Waals surface area contributed by atoms with Gasteiger partial charge in [-0.1, -0.05) is 11.6 Å². The molecule has 0 atom stereocenters. The van der Waals surface area contributed by atoms with Crippen molar-refractivity contribution in [2.45, 2.75) is 6.54 Å². The first kappa shape index (κ1) is 11.8. The zero-order valence-corrected chi connectivity index (χ0v) is 9.59. The normalized spacial score (nSPS) is 10.5. The lowest BCUT2D eigenvalue weighted by Gasteiger charge is -2.04. The van der Waals surface area contributed by atoms with Gasteiger partial charge in [-0.2, -0.15) is 11.8 Å². The molecule has 14 heavy (non-hydrogen) atoms.